The predicted molar refractivity (Wildman–Crippen MR) is 51.0 cm³/mol. The van der Waals surface area contributed by atoms with Crippen LogP contribution >= 0.6 is 0 Å². The molecule has 1 unspecified atom stereocenters. The zero-order chi connectivity index (χ0) is 9.10. The number of nitrogens with one attached hydrogen (secondary N) is 1. The van der Waals surface area contributed by atoms with Gasteiger partial charge >= 0.3 is 89.4 Å². The minimum absolute atomic E-state index is 0.0693. The van der Waals surface area contributed by atoms with Crippen LogP contribution in [0.5, 0.6) is 0 Å². The summed E-state index contributed by atoms with van der Waals surface area (Å²) in [6, 6.07) is 10.5. The zero-order valence-corrected chi connectivity index (χ0v) is 9.62. The van der Waals surface area contributed by atoms with Crippen LogP contribution in [-0.2, 0) is 0 Å². The third-order valence-electron chi connectivity index (χ3n) is 2.37. The predicted octanol–water partition coefficient (Wildman–Crippen LogP) is -0.370. The van der Waals surface area contributed by atoms with E-state index >= 15 is 0 Å². The first-order chi connectivity index (χ1) is 6.38. The molecule has 2 rings (SSSR count). The van der Waals surface area contributed by atoms with E-state index in [1.54, 1.807) is 0 Å². The molecule has 13 heavy (non-hydrogen) atoms. The normalized spacial score (nSPS) is 23.7. The van der Waals surface area contributed by atoms with Crippen LogP contribution in [-0.4, -0.2) is 8.15 Å². The number of alkyl halides is 1. The summed E-state index contributed by atoms with van der Waals surface area (Å²) in [5.41, 5.74) is 1.35. The van der Waals surface area contributed by atoms with Gasteiger partial charge in [0.15, 0.2) is 0 Å². The zero-order valence-electron chi connectivity index (χ0n) is 7.46. The molecule has 1 atom stereocenters. The summed E-state index contributed by atoms with van der Waals surface area (Å²) in [5.74, 6) is 0.461. The molecule has 0 saturated carbocycles. The Hall–Kier alpha value is -0.380. The Morgan fingerprint density at radius 1 is 1.23 bits per heavy atom. The molecule has 1 aliphatic heterocycles. The fourth-order valence-corrected chi connectivity index (χ4v) is 4.27. The van der Waals surface area contributed by atoms with Crippen molar-refractivity contribution >= 4 is 3.72 Å². The van der Waals surface area contributed by atoms with Gasteiger partial charge in [0, 0.05) is 0 Å². The summed E-state index contributed by atoms with van der Waals surface area (Å²) in [6.45, 7) is 0. The summed E-state index contributed by atoms with van der Waals surface area (Å²) in [6.07, 6.45) is 2.53. The number of hydrogen-bond donors (Lipinski definition) is 1. The van der Waals surface area contributed by atoms with Crippen LogP contribution in [0.4, 0.5) is 0 Å². The molecule has 1 fully saturated rings. The maximum atomic E-state index is 7.93. The average Bonchev–Trinajstić information content (AvgIpc) is 2.20. The van der Waals surface area contributed by atoms with E-state index in [0.29, 0.717) is 5.92 Å². The molecule has 0 aromatic heterocycles. The number of rotatable bonds is 1. The van der Waals surface area contributed by atoms with Crippen LogP contribution in [0.15, 0.2) is 30.3 Å². The van der Waals surface area contributed by atoms with Crippen molar-refractivity contribution in [1.29, 1.82) is 5.41 Å². The van der Waals surface area contributed by atoms with Crippen LogP contribution < -0.4 is 21.2 Å². The standard InChI is InChI=1S/C11H13IN/c13-11-10(7-4-8-12-11)9-5-2-1-3-6-9/h1-3,5-6,10,13H,4,7-8H2/q-1. The summed E-state index contributed by atoms with van der Waals surface area (Å²) >= 11 is 0.0693. The molecule has 1 heterocycles. The van der Waals surface area contributed by atoms with Crippen molar-refractivity contribution in [1.82, 2.24) is 0 Å². The van der Waals surface area contributed by atoms with E-state index in [-0.39, 0.29) is 21.2 Å². The molecule has 0 bridgehead atoms. The molecule has 1 nitrogen and oxygen atoms in total. The van der Waals surface area contributed by atoms with E-state index in [1.807, 2.05) is 6.07 Å². The molecular weight excluding hydrogens is 273 g/mol. The second-order valence-electron chi connectivity index (χ2n) is 3.28. The van der Waals surface area contributed by atoms with E-state index in [0.717, 1.165) is 3.72 Å². The first-order valence-electron chi connectivity index (χ1n) is 4.60. The van der Waals surface area contributed by atoms with E-state index in [9.17, 15) is 0 Å². The molecule has 1 aromatic rings. The molecular formula is C11H13IN-. The third kappa shape index (κ3) is 2.10. The molecule has 70 valence electrons. The first-order valence-corrected chi connectivity index (χ1v) is 7.21. The van der Waals surface area contributed by atoms with Crippen molar-refractivity contribution < 1.29 is 21.2 Å². The van der Waals surface area contributed by atoms with Crippen molar-refractivity contribution in [2.45, 2.75) is 18.8 Å². The van der Waals surface area contributed by atoms with Crippen molar-refractivity contribution in [3.8, 4) is 0 Å². The van der Waals surface area contributed by atoms with Gasteiger partial charge in [-0.1, -0.05) is 0 Å². The van der Waals surface area contributed by atoms with E-state index in [1.165, 1.54) is 22.8 Å². The third-order valence-corrected chi connectivity index (χ3v) is 5.25. The average molecular weight is 286 g/mol. The molecule has 0 amide bonds. The summed E-state index contributed by atoms with van der Waals surface area (Å²) in [5, 5.41) is 7.93. The second-order valence-corrected chi connectivity index (χ2v) is 6.28. The molecule has 2 heteroatoms. The Kier molecular flexibility index (Phi) is 2.98. The monoisotopic (exact) mass is 286 g/mol. The van der Waals surface area contributed by atoms with Crippen LogP contribution in [0.1, 0.15) is 24.3 Å². The van der Waals surface area contributed by atoms with Gasteiger partial charge < -0.3 is 0 Å². The van der Waals surface area contributed by atoms with Crippen molar-refractivity contribution in [2.75, 3.05) is 4.43 Å². The molecule has 1 N–H and O–H groups in total. The molecule has 1 aliphatic rings. The molecule has 0 spiro atoms. The molecule has 1 saturated heterocycles. The van der Waals surface area contributed by atoms with Crippen LogP contribution in [0.2, 0.25) is 0 Å². The van der Waals surface area contributed by atoms with Gasteiger partial charge in [0.1, 0.15) is 0 Å². The summed E-state index contributed by atoms with van der Waals surface area (Å²) in [4.78, 5) is 0. The van der Waals surface area contributed by atoms with Crippen molar-refractivity contribution in [3.05, 3.63) is 35.9 Å². The van der Waals surface area contributed by atoms with Crippen LogP contribution in [0, 0.1) is 5.41 Å². The fraction of sp³-hybridized carbons (Fsp3) is 0.364. The van der Waals surface area contributed by atoms with Gasteiger partial charge in [-0.25, -0.2) is 0 Å². The number of halogens is 1. The fourth-order valence-electron chi connectivity index (χ4n) is 1.67. The van der Waals surface area contributed by atoms with E-state index < -0.39 is 0 Å². The Morgan fingerprint density at radius 3 is 2.69 bits per heavy atom. The number of benzene rings is 1. The van der Waals surface area contributed by atoms with E-state index in [2.05, 4.69) is 24.3 Å². The maximum absolute atomic E-state index is 7.93. The summed E-state index contributed by atoms with van der Waals surface area (Å²) in [7, 11) is 0. The van der Waals surface area contributed by atoms with Gasteiger partial charge in [-0.15, -0.1) is 0 Å². The van der Waals surface area contributed by atoms with Crippen molar-refractivity contribution in [3.63, 3.8) is 0 Å². The van der Waals surface area contributed by atoms with E-state index in [4.69, 9.17) is 5.41 Å². The van der Waals surface area contributed by atoms with Crippen LogP contribution in [0.3, 0.4) is 0 Å². The first kappa shape index (κ1) is 9.19. The number of hydrogen-bond acceptors (Lipinski definition) is 1. The van der Waals surface area contributed by atoms with Crippen molar-refractivity contribution in [2.24, 2.45) is 0 Å². The van der Waals surface area contributed by atoms with Gasteiger partial charge in [-0.3, -0.25) is 0 Å². The van der Waals surface area contributed by atoms with Gasteiger partial charge in [-0.2, -0.15) is 0 Å². The second kappa shape index (κ2) is 4.22. The van der Waals surface area contributed by atoms with Gasteiger partial charge in [-0.05, 0) is 0 Å². The molecule has 0 radical (unpaired) electrons. The Bertz CT molecular complexity index is 294. The van der Waals surface area contributed by atoms with Gasteiger partial charge in [0.2, 0.25) is 0 Å². The topological polar surface area (TPSA) is 23.9 Å². The Morgan fingerprint density at radius 2 is 2.00 bits per heavy atom. The Labute approximate surface area is 89.3 Å². The van der Waals surface area contributed by atoms with Gasteiger partial charge in [0.25, 0.3) is 0 Å². The van der Waals surface area contributed by atoms with Crippen LogP contribution in [0.25, 0.3) is 0 Å². The SMILES string of the molecule is N=C1[I-]CCCC1c1ccccc1. The van der Waals surface area contributed by atoms with Gasteiger partial charge in [0.05, 0.1) is 0 Å². The quantitative estimate of drug-likeness (QED) is 0.538. The minimum atomic E-state index is 0.0693. The Balaban J connectivity index is 2.20. The molecule has 1 aromatic carbocycles. The molecule has 0 aliphatic carbocycles. The summed E-state index contributed by atoms with van der Waals surface area (Å²) < 4.78 is 2.36.